The molecule has 1 N–H and O–H groups in total. The number of thioether (sulfide) groups is 1. The summed E-state index contributed by atoms with van der Waals surface area (Å²) < 4.78 is 5.25. The molecule has 0 radical (unpaired) electrons. The number of rotatable bonds is 7. The van der Waals surface area contributed by atoms with Gasteiger partial charge in [0.25, 0.3) is 0 Å². The van der Waals surface area contributed by atoms with Crippen molar-refractivity contribution in [3.63, 3.8) is 0 Å². The molecule has 1 saturated heterocycles. The van der Waals surface area contributed by atoms with Crippen LogP contribution in [0.2, 0.25) is 0 Å². The second kappa shape index (κ2) is 10.2. The number of amides is 2. The maximum absolute atomic E-state index is 12.4. The molecule has 0 aliphatic carbocycles. The first-order chi connectivity index (χ1) is 11.2. The van der Waals surface area contributed by atoms with Gasteiger partial charge in [0, 0.05) is 19.6 Å². The van der Waals surface area contributed by atoms with Crippen LogP contribution in [0.25, 0.3) is 0 Å². The zero-order valence-corrected chi connectivity index (χ0v) is 16.7. The lowest BCUT2D eigenvalue weighted by atomic mass is 9.96. The van der Waals surface area contributed by atoms with E-state index in [0.717, 1.165) is 31.7 Å². The largest absolute Gasteiger partial charge is 0.444 e. The van der Waals surface area contributed by atoms with E-state index in [1.54, 1.807) is 11.8 Å². The Morgan fingerprint density at radius 2 is 1.92 bits per heavy atom. The van der Waals surface area contributed by atoms with Gasteiger partial charge in [-0.05, 0) is 58.6 Å². The highest BCUT2D eigenvalue weighted by Gasteiger charge is 2.26. The van der Waals surface area contributed by atoms with Gasteiger partial charge in [0.15, 0.2) is 0 Å². The zero-order chi connectivity index (χ0) is 18.2. The van der Waals surface area contributed by atoms with Gasteiger partial charge in [-0.1, -0.05) is 13.3 Å². The third kappa shape index (κ3) is 8.27. The molecule has 1 aliphatic rings. The molecule has 1 heterocycles. The first-order valence-corrected chi connectivity index (χ1v) is 10.1. The summed E-state index contributed by atoms with van der Waals surface area (Å²) in [5.74, 6) is 1.74. The van der Waals surface area contributed by atoms with Crippen molar-refractivity contribution in [3.8, 4) is 0 Å². The van der Waals surface area contributed by atoms with Crippen LogP contribution < -0.4 is 5.32 Å². The number of carbonyl (C=O) groups is 2. The van der Waals surface area contributed by atoms with Crippen molar-refractivity contribution < 1.29 is 14.3 Å². The first-order valence-electron chi connectivity index (χ1n) is 9.10. The number of carbonyl (C=O) groups excluding carboxylic acids is 2. The monoisotopic (exact) mass is 358 g/mol. The summed E-state index contributed by atoms with van der Waals surface area (Å²) in [6, 6.07) is 0. The predicted molar refractivity (Wildman–Crippen MR) is 100 cm³/mol. The molecular formula is C18H34N2O3S. The summed E-state index contributed by atoms with van der Waals surface area (Å²) in [5.41, 5.74) is -0.467. The highest BCUT2D eigenvalue weighted by atomic mass is 32.2. The molecule has 0 spiro atoms. The van der Waals surface area contributed by atoms with E-state index in [4.69, 9.17) is 4.74 Å². The Balaban J connectivity index is 2.26. The van der Waals surface area contributed by atoms with E-state index >= 15 is 0 Å². The predicted octanol–water partition coefficient (Wildman–Crippen LogP) is 3.67. The van der Waals surface area contributed by atoms with Crippen LogP contribution >= 0.6 is 11.8 Å². The molecule has 1 fully saturated rings. The fraction of sp³-hybridized carbons (Fsp3) is 0.889. The topological polar surface area (TPSA) is 58.6 Å². The van der Waals surface area contributed by atoms with E-state index in [-0.39, 0.29) is 17.3 Å². The maximum atomic E-state index is 12.4. The minimum atomic E-state index is -0.467. The lowest BCUT2D eigenvalue weighted by Crippen LogP contribution is -2.44. The molecule has 0 saturated carbocycles. The van der Waals surface area contributed by atoms with E-state index in [1.165, 1.54) is 12.8 Å². The summed E-state index contributed by atoms with van der Waals surface area (Å²) in [5, 5.41) is 2.89. The standard InChI is InChI=1S/C18H34N2O3S/c1-6-7-12-24-14(2)16(21)20-10-8-15(9-11-20)13-19-17(22)23-18(3,4)5/h14-15H,6-13H2,1-5H3,(H,19,22). The first kappa shape index (κ1) is 21.1. The van der Waals surface area contributed by atoms with Gasteiger partial charge in [-0.15, -0.1) is 11.8 Å². The van der Waals surface area contributed by atoms with E-state index in [1.807, 2.05) is 32.6 Å². The Bertz CT molecular complexity index is 402. The number of ether oxygens (including phenoxy) is 1. The zero-order valence-electron chi connectivity index (χ0n) is 15.9. The van der Waals surface area contributed by atoms with Gasteiger partial charge in [-0.3, -0.25) is 4.79 Å². The Morgan fingerprint density at radius 3 is 2.46 bits per heavy atom. The summed E-state index contributed by atoms with van der Waals surface area (Å²) in [6.45, 7) is 12.0. The summed E-state index contributed by atoms with van der Waals surface area (Å²) in [6.07, 6.45) is 3.86. The third-order valence-corrected chi connectivity index (χ3v) is 5.30. The second-order valence-electron chi connectivity index (χ2n) is 7.52. The van der Waals surface area contributed by atoms with E-state index in [9.17, 15) is 9.59 Å². The molecule has 140 valence electrons. The molecule has 0 aromatic rings. The summed E-state index contributed by atoms with van der Waals surface area (Å²) in [4.78, 5) is 26.1. The normalized spacial score (nSPS) is 17.5. The Morgan fingerprint density at radius 1 is 1.29 bits per heavy atom. The Labute approximate surface area is 151 Å². The second-order valence-corrected chi connectivity index (χ2v) is 8.97. The maximum Gasteiger partial charge on any atom is 0.407 e. The lowest BCUT2D eigenvalue weighted by Gasteiger charge is -2.33. The number of hydrogen-bond donors (Lipinski definition) is 1. The number of alkyl carbamates (subject to hydrolysis) is 1. The van der Waals surface area contributed by atoms with Gasteiger partial charge in [-0.2, -0.15) is 0 Å². The number of likely N-dealkylation sites (tertiary alicyclic amines) is 1. The van der Waals surface area contributed by atoms with Crippen molar-refractivity contribution in [1.29, 1.82) is 0 Å². The van der Waals surface area contributed by atoms with Crippen LogP contribution in [-0.4, -0.2) is 53.1 Å². The van der Waals surface area contributed by atoms with Crippen LogP contribution in [0.1, 0.15) is 60.3 Å². The van der Waals surface area contributed by atoms with E-state index in [0.29, 0.717) is 12.5 Å². The average Bonchev–Trinajstić information content (AvgIpc) is 2.51. The smallest absolute Gasteiger partial charge is 0.407 e. The van der Waals surface area contributed by atoms with Crippen LogP contribution in [-0.2, 0) is 9.53 Å². The van der Waals surface area contributed by atoms with Crippen molar-refractivity contribution in [3.05, 3.63) is 0 Å². The molecule has 1 aliphatic heterocycles. The molecule has 2 amide bonds. The molecule has 6 heteroatoms. The van der Waals surface area contributed by atoms with Gasteiger partial charge in [0.2, 0.25) is 5.91 Å². The lowest BCUT2D eigenvalue weighted by molar-refractivity contribution is -0.131. The van der Waals surface area contributed by atoms with Crippen LogP contribution in [0.4, 0.5) is 4.79 Å². The quantitative estimate of drug-likeness (QED) is 0.706. The van der Waals surface area contributed by atoms with Crippen molar-refractivity contribution in [2.24, 2.45) is 5.92 Å². The molecule has 0 aromatic heterocycles. The van der Waals surface area contributed by atoms with E-state index < -0.39 is 5.60 Å². The Hall–Kier alpha value is -0.910. The minimum Gasteiger partial charge on any atom is -0.444 e. The molecular weight excluding hydrogens is 324 g/mol. The highest BCUT2D eigenvalue weighted by Crippen LogP contribution is 2.21. The van der Waals surface area contributed by atoms with Crippen LogP contribution in [0.15, 0.2) is 0 Å². The molecule has 1 atom stereocenters. The molecule has 0 aromatic carbocycles. The van der Waals surface area contributed by atoms with Crippen molar-refractivity contribution in [1.82, 2.24) is 10.2 Å². The van der Waals surface area contributed by atoms with Gasteiger partial charge < -0.3 is 15.0 Å². The molecule has 1 rings (SSSR count). The number of hydrogen-bond acceptors (Lipinski definition) is 4. The van der Waals surface area contributed by atoms with Gasteiger partial charge in [-0.25, -0.2) is 4.79 Å². The van der Waals surface area contributed by atoms with Gasteiger partial charge in [0.1, 0.15) is 5.60 Å². The van der Waals surface area contributed by atoms with Crippen LogP contribution in [0.5, 0.6) is 0 Å². The van der Waals surface area contributed by atoms with E-state index in [2.05, 4.69) is 12.2 Å². The van der Waals surface area contributed by atoms with Crippen molar-refractivity contribution in [2.45, 2.75) is 71.2 Å². The van der Waals surface area contributed by atoms with Crippen LogP contribution in [0.3, 0.4) is 0 Å². The van der Waals surface area contributed by atoms with Crippen LogP contribution in [0, 0.1) is 5.92 Å². The van der Waals surface area contributed by atoms with Gasteiger partial charge >= 0.3 is 6.09 Å². The summed E-state index contributed by atoms with van der Waals surface area (Å²) >= 11 is 1.76. The van der Waals surface area contributed by atoms with Crippen molar-refractivity contribution in [2.75, 3.05) is 25.4 Å². The highest BCUT2D eigenvalue weighted by molar-refractivity contribution is 8.00. The van der Waals surface area contributed by atoms with Gasteiger partial charge in [0.05, 0.1) is 5.25 Å². The SMILES string of the molecule is CCCCSC(C)C(=O)N1CCC(CNC(=O)OC(C)(C)C)CC1. The fourth-order valence-electron chi connectivity index (χ4n) is 2.63. The number of nitrogens with one attached hydrogen (secondary N) is 1. The molecule has 5 nitrogen and oxygen atoms in total. The molecule has 24 heavy (non-hydrogen) atoms. The fourth-order valence-corrected chi connectivity index (χ4v) is 3.73. The number of nitrogens with zero attached hydrogens (tertiary/aromatic N) is 1. The molecule has 1 unspecified atom stereocenters. The van der Waals surface area contributed by atoms with Crippen molar-refractivity contribution >= 4 is 23.8 Å². The Kier molecular flexibility index (Phi) is 8.95. The minimum absolute atomic E-state index is 0.0491. The third-order valence-electron chi connectivity index (χ3n) is 4.07. The number of unbranched alkanes of at least 4 members (excludes halogenated alkanes) is 1. The number of piperidine rings is 1. The average molecular weight is 359 g/mol. The summed E-state index contributed by atoms with van der Waals surface area (Å²) in [7, 11) is 0. The molecule has 0 bridgehead atoms.